The van der Waals surface area contributed by atoms with Crippen molar-refractivity contribution in [3.05, 3.63) is 28.2 Å². The quantitative estimate of drug-likeness (QED) is 0.785. The number of benzene rings is 1. The Balaban J connectivity index is 1.97. The molecule has 0 aromatic heterocycles. The van der Waals surface area contributed by atoms with Crippen LogP contribution in [0.1, 0.15) is 12.0 Å². The highest BCUT2D eigenvalue weighted by Crippen LogP contribution is 2.35. The lowest BCUT2D eigenvalue weighted by molar-refractivity contribution is -0.120. The third-order valence-electron chi connectivity index (χ3n) is 3.35. The van der Waals surface area contributed by atoms with E-state index in [2.05, 4.69) is 44.3 Å². The molecule has 1 aromatic carbocycles. The summed E-state index contributed by atoms with van der Waals surface area (Å²) in [4.78, 5) is 13.9. The van der Waals surface area contributed by atoms with E-state index in [0.717, 1.165) is 24.0 Å². The third-order valence-corrected chi connectivity index (χ3v) is 3.84. The van der Waals surface area contributed by atoms with Crippen LogP contribution >= 0.6 is 15.9 Å². The van der Waals surface area contributed by atoms with Crippen molar-refractivity contribution in [2.45, 2.75) is 18.9 Å². The second kappa shape index (κ2) is 3.77. The van der Waals surface area contributed by atoms with Gasteiger partial charge in [0.1, 0.15) is 0 Å². The van der Waals surface area contributed by atoms with Crippen molar-refractivity contribution >= 4 is 27.5 Å². The molecule has 2 aliphatic rings. The largest absolute Gasteiger partial charge is 0.366 e. The molecule has 0 aliphatic carbocycles. The minimum Gasteiger partial charge on any atom is -0.366 e. The molecule has 2 aliphatic heterocycles. The molecule has 84 valence electrons. The molecule has 0 spiro atoms. The van der Waals surface area contributed by atoms with E-state index in [1.165, 1.54) is 11.3 Å². The van der Waals surface area contributed by atoms with E-state index in [9.17, 15) is 4.79 Å². The number of rotatable bonds is 0. The monoisotopic (exact) mass is 280 g/mol. The highest BCUT2D eigenvalue weighted by atomic mass is 79.9. The van der Waals surface area contributed by atoms with Gasteiger partial charge in [-0.2, -0.15) is 0 Å². The van der Waals surface area contributed by atoms with Crippen LogP contribution in [0.2, 0.25) is 0 Å². The molecule has 3 nitrogen and oxygen atoms in total. The van der Waals surface area contributed by atoms with Crippen molar-refractivity contribution in [2.24, 2.45) is 0 Å². The van der Waals surface area contributed by atoms with Crippen LogP contribution < -0.4 is 10.2 Å². The molecule has 0 saturated carbocycles. The maximum Gasteiger partial charge on any atom is 0.222 e. The molecular formula is C12H13BrN2O. The van der Waals surface area contributed by atoms with Gasteiger partial charge < -0.3 is 10.2 Å². The van der Waals surface area contributed by atoms with Gasteiger partial charge in [0.15, 0.2) is 0 Å². The fourth-order valence-electron chi connectivity index (χ4n) is 2.63. The van der Waals surface area contributed by atoms with Gasteiger partial charge in [0.2, 0.25) is 5.91 Å². The van der Waals surface area contributed by atoms with E-state index < -0.39 is 0 Å². The number of carbonyl (C=O) groups is 1. The van der Waals surface area contributed by atoms with Gasteiger partial charge in [0, 0.05) is 35.7 Å². The number of hydrogen-bond donors (Lipinski definition) is 1. The van der Waals surface area contributed by atoms with Gasteiger partial charge in [-0.3, -0.25) is 4.79 Å². The summed E-state index contributed by atoms with van der Waals surface area (Å²) in [6.07, 6.45) is 1.61. The van der Waals surface area contributed by atoms with E-state index in [4.69, 9.17) is 0 Å². The molecule has 4 heteroatoms. The molecular weight excluding hydrogens is 268 g/mol. The average Bonchev–Trinajstić information content (AvgIpc) is 2.46. The molecule has 1 unspecified atom stereocenters. The number of fused-ring (bicyclic) bond motifs is 3. The highest BCUT2D eigenvalue weighted by Gasteiger charge is 2.32. The van der Waals surface area contributed by atoms with Crippen LogP contribution in [0.5, 0.6) is 0 Å². The lowest BCUT2D eigenvalue weighted by Crippen LogP contribution is -2.32. The summed E-state index contributed by atoms with van der Waals surface area (Å²) in [5, 5.41) is 2.93. The molecule has 2 heterocycles. The zero-order valence-electron chi connectivity index (χ0n) is 8.87. The van der Waals surface area contributed by atoms with Gasteiger partial charge in [-0.1, -0.05) is 22.0 Å². The summed E-state index contributed by atoms with van der Waals surface area (Å²) < 4.78 is 1.11. The maximum atomic E-state index is 11.5. The summed E-state index contributed by atoms with van der Waals surface area (Å²) >= 11 is 3.50. The first-order chi connectivity index (χ1) is 7.74. The molecule has 1 N–H and O–H groups in total. The SMILES string of the molecule is O=C1CC2Cc3ccc(Br)cc3N2CCN1. The fourth-order valence-corrected chi connectivity index (χ4v) is 2.97. The Hall–Kier alpha value is -1.03. The van der Waals surface area contributed by atoms with Crippen LogP contribution in [-0.2, 0) is 11.2 Å². The Bertz CT molecular complexity index is 447. The second-order valence-electron chi connectivity index (χ2n) is 4.38. The van der Waals surface area contributed by atoms with Crippen molar-refractivity contribution < 1.29 is 4.79 Å². The topological polar surface area (TPSA) is 32.3 Å². The van der Waals surface area contributed by atoms with Crippen molar-refractivity contribution in [3.63, 3.8) is 0 Å². The van der Waals surface area contributed by atoms with Gasteiger partial charge in [-0.25, -0.2) is 0 Å². The van der Waals surface area contributed by atoms with Gasteiger partial charge in [0.05, 0.1) is 0 Å². The Morgan fingerprint density at radius 2 is 2.25 bits per heavy atom. The molecule has 0 bridgehead atoms. The summed E-state index contributed by atoms with van der Waals surface area (Å²) in [5.74, 6) is 0.180. The molecule has 1 amide bonds. The van der Waals surface area contributed by atoms with Gasteiger partial charge >= 0.3 is 0 Å². The fraction of sp³-hybridized carbons (Fsp3) is 0.417. The summed E-state index contributed by atoms with van der Waals surface area (Å²) in [7, 11) is 0. The smallest absolute Gasteiger partial charge is 0.222 e. The zero-order valence-corrected chi connectivity index (χ0v) is 10.5. The van der Waals surface area contributed by atoms with Crippen LogP contribution in [0.4, 0.5) is 5.69 Å². The van der Waals surface area contributed by atoms with Crippen LogP contribution in [0.3, 0.4) is 0 Å². The van der Waals surface area contributed by atoms with E-state index in [-0.39, 0.29) is 5.91 Å². The van der Waals surface area contributed by atoms with Crippen molar-refractivity contribution in [1.82, 2.24) is 5.32 Å². The Morgan fingerprint density at radius 3 is 3.12 bits per heavy atom. The molecule has 3 rings (SSSR count). The predicted octanol–water partition coefficient (Wildman–Crippen LogP) is 1.70. The minimum atomic E-state index is 0.180. The Kier molecular flexibility index (Phi) is 2.39. The Morgan fingerprint density at radius 1 is 1.38 bits per heavy atom. The van der Waals surface area contributed by atoms with Crippen molar-refractivity contribution in [3.8, 4) is 0 Å². The number of nitrogens with zero attached hydrogens (tertiary/aromatic N) is 1. The summed E-state index contributed by atoms with van der Waals surface area (Å²) in [6, 6.07) is 6.74. The molecule has 1 saturated heterocycles. The second-order valence-corrected chi connectivity index (χ2v) is 5.29. The van der Waals surface area contributed by atoms with Crippen molar-refractivity contribution in [2.75, 3.05) is 18.0 Å². The van der Waals surface area contributed by atoms with Gasteiger partial charge in [-0.05, 0) is 24.1 Å². The van der Waals surface area contributed by atoms with E-state index in [1.54, 1.807) is 0 Å². The molecule has 1 atom stereocenters. The number of hydrogen-bond acceptors (Lipinski definition) is 2. The average molecular weight is 281 g/mol. The molecule has 1 fully saturated rings. The number of anilines is 1. The van der Waals surface area contributed by atoms with Crippen molar-refractivity contribution in [1.29, 1.82) is 0 Å². The first-order valence-corrected chi connectivity index (χ1v) is 6.35. The molecule has 16 heavy (non-hydrogen) atoms. The summed E-state index contributed by atoms with van der Waals surface area (Å²) in [6.45, 7) is 1.67. The maximum absolute atomic E-state index is 11.5. The normalized spacial score (nSPS) is 23.4. The number of halogens is 1. The number of carbonyl (C=O) groups excluding carboxylic acids is 1. The first-order valence-electron chi connectivity index (χ1n) is 5.56. The number of nitrogens with one attached hydrogen (secondary N) is 1. The predicted molar refractivity (Wildman–Crippen MR) is 66.6 cm³/mol. The van der Waals surface area contributed by atoms with Gasteiger partial charge in [-0.15, -0.1) is 0 Å². The van der Waals surface area contributed by atoms with Crippen LogP contribution in [0.15, 0.2) is 22.7 Å². The lowest BCUT2D eigenvalue weighted by Gasteiger charge is -2.23. The van der Waals surface area contributed by atoms with E-state index >= 15 is 0 Å². The summed E-state index contributed by atoms with van der Waals surface area (Å²) in [5.41, 5.74) is 2.65. The van der Waals surface area contributed by atoms with E-state index in [1.807, 2.05) is 0 Å². The molecule has 1 aromatic rings. The number of amides is 1. The van der Waals surface area contributed by atoms with E-state index in [0.29, 0.717) is 12.5 Å². The zero-order chi connectivity index (χ0) is 11.1. The lowest BCUT2D eigenvalue weighted by atomic mass is 10.1. The van der Waals surface area contributed by atoms with Crippen LogP contribution in [0.25, 0.3) is 0 Å². The van der Waals surface area contributed by atoms with Crippen LogP contribution in [0, 0.1) is 0 Å². The molecule has 0 radical (unpaired) electrons. The third kappa shape index (κ3) is 1.61. The Labute approximate surface area is 103 Å². The highest BCUT2D eigenvalue weighted by molar-refractivity contribution is 9.10. The first kappa shape index (κ1) is 10.1. The van der Waals surface area contributed by atoms with Gasteiger partial charge in [0.25, 0.3) is 0 Å². The standard InChI is InChI=1S/C12H13BrN2O/c13-9-2-1-8-5-10-7-12(16)14-3-4-15(10)11(8)6-9/h1-2,6,10H,3-5,7H2,(H,14,16). The van der Waals surface area contributed by atoms with Crippen LogP contribution in [-0.4, -0.2) is 25.0 Å². The minimum absolute atomic E-state index is 0.180.